The molecule has 0 aromatic heterocycles. The fourth-order valence-corrected chi connectivity index (χ4v) is 4.41. The van der Waals surface area contributed by atoms with E-state index in [1.165, 1.54) is 12.0 Å². The Labute approximate surface area is 195 Å². The van der Waals surface area contributed by atoms with Gasteiger partial charge in [-0.05, 0) is 41.1 Å². The van der Waals surface area contributed by atoms with Crippen molar-refractivity contribution >= 4 is 46.8 Å². The average molecular weight is 474 g/mol. The van der Waals surface area contributed by atoms with E-state index in [0.717, 1.165) is 16.7 Å². The molecule has 0 aliphatic rings. The van der Waals surface area contributed by atoms with E-state index in [4.69, 9.17) is 27.9 Å². The summed E-state index contributed by atoms with van der Waals surface area (Å²) in [7, 11) is 1.28. The summed E-state index contributed by atoms with van der Waals surface area (Å²) in [6, 6.07) is 20.0. The number of esters is 1. The van der Waals surface area contributed by atoms with Crippen molar-refractivity contribution in [3.8, 4) is 11.1 Å². The number of hydrogen-bond acceptors (Lipinski definition) is 4. The van der Waals surface area contributed by atoms with Gasteiger partial charge < -0.3 is 10.1 Å². The lowest BCUT2D eigenvalue weighted by Gasteiger charge is -2.18. The Morgan fingerprint density at radius 2 is 1.61 bits per heavy atom. The van der Waals surface area contributed by atoms with E-state index in [1.807, 2.05) is 42.7 Å². The molecule has 0 fully saturated rings. The van der Waals surface area contributed by atoms with Gasteiger partial charge in [-0.2, -0.15) is 0 Å². The van der Waals surface area contributed by atoms with Crippen LogP contribution in [-0.2, 0) is 16.0 Å². The molecule has 0 unspecified atom stereocenters. The molecule has 1 N–H and O–H groups in total. The first-order valence-corrected chi connectivity index (χ1v) is 11.5. The second-order valence-corrected chi connectivity index (χ2v) is 8.41. The Kier molecular flexibility index (Phi) is 8.02. The Balaban J connectivity index is 1.80. The van der Waals surface area contributed by atoms with Crippen molar-refractivity contribution in [3.05, 3.63) is 87.9 Å². The van der Waals surface area contributed by atoms with Gasteiger partial charge in [-0.3, -0.25) is 4.79 Å². The Morgan fingerprint density at radius 3 is 2.23 bits per heavy atom. The van der Waals surface area contributed by atoms with Crippen LogP contribution in [-0.4, -0.2) is 31.3 Å². The first kappa shape index (κ1) is 23.2. The van der Waals surface area contributed by atoms with Crippen LogP contribution in [0.5, 0.6) is 0 Å². The quantitative estimate of drug-likeness (QED) is 0.343. The van der Waals surface area contributed by atoms with Crippen molar-refractivity contribution in [3.63, 3.8) is 0 Å². The first-order valence-electron chi connectivity index (χ1n) is 9.49. The molecule has 3 aromatic carbocycles. The Bertz CT molecular complexity index is 1070. The number of halogens is 2. The van der Waals surface area contributed by atoms with Crippen LogP contribution in [0.25, 0.3) is 11.1 Å². The molecule has 0 bridgehead atoms. The van der Waals surface area contributed by atoms with Crippen LogP contribution in [0.3, 0.4) is 0 Å². The zero-order chi connectivity index (χ0) is 22.4. The van der Waals surface area contributed by atoms with Crippen LogP contribution >= 0.6 is 35.0 Å². The molecule has 1 amide bonds. The molecule has 31 heavy (non-hydrogen) atoms. The zero-order valence-electron chi connectivity index (χ0n) is 17.0. The van der Waals surface area contributed by atoms with E-state index in [2.05, 4.69) is 17.4 Å². The number of carbonyl (C=O) groups is 2. The van der Waals surface area contributed by atoms with Gasteiger partial charge in [-0.25, -0.2) is 4.79 Å². The van der Waals surface area contributed by atoms with Gasteiger partial charge in [-0.1, -0.05) is 71.7 Å². The summed E-state index contributed by atoms with van der Waals surface area (Å²) >= 11 is 13.9. The molecule has 0 heterocycles. The van der Waals surface area contributed by atoms with Gasteiger partial charge in [0.1, 0.15) is 6.04 Å². The maximum absolute atomic E-state index is 12.7. The minimum absolute atomic E-state index is 0.128. The molecule has 3 rings (SSSR count). The summed E-state index contributed by atoms with van der Waals surface area (Å²) < 4.78 is 4.88. The number of methoxy groups -OCH3 is 1. The maximum Gasteiger partial charge on any atom is 0.328 e. The molecule has 1 atom stereocenters. The van der Waals surface area contributed by atoms with E-state index < -0.39 is 17.9 Å². The van der Waals surface area contributed by atoms with Crippen LogP contribution in [0.4, 0.5) is 0 Å². The van der Waals surface area contributed by atoms with E-state index in [-0.39, 0.29) is 22.0 Å². The van der Waals surface area contributed by atoms with Crippen molar-refractivity contribution in [1.82, 2.24) is 5.32 Å². The Morgan fingerprint density at radius 1 is 0.968 bits per heavy atom. The summed E-state index contributed by atoms with van der Waals surface area (Å²) in [6.07, 6.45) is 2.31. The molecule has 160 valence electrons. The number of ether oxygens (including phenoxy) is 1. The van der Waals surface area contributed by atoms with Gasteiger partial charge >= 0.3 is 5.97 Å². The lowest BCUT2D eigenvalue weighted by Crippen LogP contribution is -2.43. The number of thioether (sulfide) groups is 1. The van der Waals surface area contributed by atoms with Gasteiger partial charge in [0, 0.05) is 11.3 Å². The highest BCUT2D eigenvalue weighted by atomic mass is 35.5. The van der Waals surface area contributed by atoms with Gasteiger partial charge in [0.15, 0.2) is 0 Å². The second kappa shape index (κ2) is 10.7. The summed E-state index contributed by atoms with van der Waals surface area (Å²) in [6.45, 7) is 0. The molecule has 7 heteroatoms. The molecule has 0 saturated heterocycles. The molecular formula is C24H21Cl2NO3S. The first-order chi connectivity index (χ1) is 14.9. The summed E-state index contributed by atoms with van der Waals surface area (Å²) in [5, 5.41) is 3.12. The minimum atomic E-state index is -0.880. The fourth-order valence-electron chi connectivity index (χ4n) is 3.22. The fraction of sp³-hybridized carbons (Fsp3) is 0.167. The highest BCUT2D eigenvalue weighted by Crippen LogP contribution is 2.30. The molecule has 0 saturated carbocycles. The number of carbonyl (C=O) groups excluding carboxylic acids is 2. The summed E-state index contributed by atoms with van der Waals surface area (Å²) in [4.78, 5) is 26.2. The summed E-state index contributed by atoms with van der Waals surface area (Å²) in [5.41, 5.74) is 3.23. The lowest BCUT2D eigenvalue weighted by atomic mass is 10.0. The molecule has 0 aliphatic carbocycles. The van der Waals surface area contributed by atoms with Gasteiger partial charge in [0.25, 0.3) is 5.91 Å². The van der Waals surface area contributed by atoms with Crippen molar-refractivity contribution in [1.29, 1.82) is 0 Å². The largest absolute Gasteiger partial charge is 0.467 e. The zero-order valence-corrected chi connectivity index (χ0v) is 19.4. The Hall–Kier alpha value is -2.47. The van der Waals surface area contributed by atoms with Crippen LogP contribution in [0.15, 0.2) is 71.6 Å². The number of amides is 1. The maximum atomic E-state index is 12.7. The summed E-state index contributed by atoms with van der Waals surface area (Å²) in [5.74, 6) is -1.08. The topological polar surface area (TPSA) is 55.4 Å². The van der Waals surface area contributed by atoms with Crippen molar-refractivity contribution in [2.75, 3.05) is 13.4 Å². The van der Waals surface area contributed by atoms with E-state index >= 15 is 0 Å². The minimum Gasteiger partial charge on any atom is -0.467 e. The predicted molar refractivity (Wildman–Crippen MR) is 127 cm³/mol. The van der Waals surface area contributed by atoms with Crippen molar-refractivity contribution in [2.45, 2.75) is 17.4 Å². The number of benzene rings is 3. The standard InChI is InChI=1S/C24H21Cl2NO3S/c1-30-24(29)20(27-23(28)22-18(25)7-5-8-19(22)26)14-15-10-12-16(13-11-15)17-6-3-4-9-21(17)31-2/h3-13,20H,14H2,1-2H3,(H,27,28)/t20-/m0/s1. The van der Waals surface area contributed by atoms with Gasteiger partial charge in [0.05, 0.1) is 22.7 Å². The third kappa shape index (κ3) is 5.62. The third-order valence-electron chi connectivity index (χ3n) is 4.79. The van der Waals surface area contributed by atoms with Crippen LogP contribution < -0.4 is 5.32 Å². The SMILES string of the molecule is COC(=O)[C@H](Cc1ccc(-c2ccccc2SC)cc1)NC(=O)c1c(Cl)cccc1Cl. The molecule has 0 spiro atoms. The number of rotatable bonds is 7. The van der Waals surface area contributed by atoms with Gasteiger partial charge in [-0.15, -0.1) is 11.8 Å². The molecule has 0 radical (unpaired) electrons. The average Bonchev–Trinajstić information content (AvgIpc) is 2.78. The van der Waals surface area contributed by atoms with Crippen LogP contribution in [0.2, 0.25) is 10.0 Å². The normalized spacial score (nSPS) is 11.6. The highest BCUT2D eigenvalue weighted by Gasteiger charge is 2.25. The lowest BCUT2D eigenvalue weighted by molar-refractivity contribution is -0.142. The number of nitrogens with one attached hydrogen (secondary N) is 1. The van der Waals surface area contributed by atoms with E-state index in [0.29, 0.717) is 0 Å². The third-order valence-corrected chi connectivity index (χ3v) is 6.22. The molecular weight excluding hydrogens is 453 g/mol. The van der Waals surface area contributed by atoms with Gasteiger partial charge in [0.2, 0.25) is 0 Å². The van der Waals surface area contributed by atoms with Crippen molar-refractivity contribution < 1.29 is 14.3 Å². The molecule has 3 aromatic rings. The van der Waals surface area contributed by atoms with E-state index in [1.54, 1.807) is 30.0 Å². The molecule has 0 aliphatic heterocycles. The van der Waals surface area contributed by atoms with E-state index in [9.17, 15) is 9.59 Å². The monoisotopic (exact) mass is 473 g/mol. The molecule has 4 nitrogen and oxygen atoms in total. The smallest absolute Gasteiger partial charge is 0.328 e. The number of hydrogen-bond donors (Lipinski definition) is 1. The van der Waals surface area contributed by atoms with Crippen LogP contribution in [0.1, 0.15) is 15.9 Å². The van der Waals surface area contributed by atoms with Crippen molar-refractivity contribution in [2.24, 2.45) is 0 Å². The predicted octanol–water partition coefficient (Wildman–Crippen LogP) is 5.90. The second-order valence-electron chi connectivity index (χ2n) is 6.75. The highest BCUT2D eigenvalue weighted by molar-refractivity contribution is 7.98. The van der Waals surface area contributed by atoms with Crippen LogP contribution in [0, 0.1) is 0 Å².